The number of aliphatic hydroxyl groups excluding tert-OH is 1. The summed E-state index contributed by atoms with van der Waals surface area (Å²) in [6.45, 7) is 6.49. The van der Waals surface area contributed by atoms with Crippen LogP contribution in [0.1, 0.15) is 104 Å². The first-order valence-corrected chi connectivity index (χ1v) is 10.6. The van der Waals surface area contributed by atoms with E-state index in [1.54, 1.807) is 6.92 Å². The summed E-state index contributed by atoms with van der Waals surface area (Å²) in [5.74, 6) is 0. The average Bonchev–Trinajstić information content (AvgIpc) is 2.56. The van der Waals surface area contributed by atoms with Gasteiger partial charge in [0.15, 0.2) is 0 Å². The summed E-state index contributed by atoms with van der Waals surface area (Å²) in [4.78, 5) is 0. The molecule has 1 N–H and O–H groups in total. The maximum atomic E-state index is 9.03. The second-order valence-corrected chi connectivity index (χ2v) is 7.13. The zero-order chi connectivity index (χ0) is 17.7. The lowest BCUT2D eigenvalue weighted by Crippen LogP contribution is -2.13. The highest BCUT2D eigenvalue weighted by Gasteiger charge is 1.96. The van der Waals surface area contributed by atoms with Gasteiger partial charge < -0.3 is 14.6 Å². The lowest BCUT2D eigenvalue weighted by molar-refractivity contribution is 0.00891. The van der Waals surface area contributed by atoms with Gasteiger partial charge in [0.1, 0.15) is 0 Å². The molecule has 0 fully saturated rings. The molecule has 24 heavy (non-hydrogen) atoms. The minimum Gasteiger partial charge on any atom is -0.391 e. The molecule has 0 aromatic carbocycles. The molecule has 3 heteroatoms. The van der Waals surface area contributed by atoms with Crippen LogP contribution in [0.5, 0.6) is 0 Å². The molecule has 0 aliphatic carbocycles. The van der Waals surface area contributed by atoms with E-state index in [0.29, 0.717) is 19.8 Å². The van der Waals surface area contributed by atoms with Gasteiger partial charge in [0.25, 0.3) is 0 Å². The third kappa shape index (κ3) is 21.9. The van der Waals surface area contributed by atoms with Gasteiger partial charge in [0, 0.05) is 6.61 Å². The highest BCUT2D eigenvalue weighted by atomic mass is 16.5. The van der Waals surface area contributed by atoms with E-state index in [4.69, 9.17) is 14.6 Å². The minimum absolute atomic E-state index is 0.379. The highest BCUT2D eigenvalue weighted by Crippen LogP contribution is 2.12. The van der Waals surface area contributed by atoms with Crippen molar-refractivity contribution in [1.29, 1.82) is 0 Å². The van der Waals surface area contributed by atoms with E-state index in [2.05, 4.69) is 6.92 Å². The van der Waals surface area contributed by atoms with E-state index in [-0.39, 0.29) is 6.10 Å². The van der Waals surface area contributed by atoms with Crippen molar-refractivity contribution in [2.24, 2.45) is 0 Å². The van der Waals surface area contributed by atoms with Crippen molar-refractivity contribution in [3.8, 4) is 0 Å². The van der Waals surface area contributed by atoms with Gasteiger partial charge in [-0.3, -0.25) is 0 Å². The standard InChI is InChI=1S/C21H44O3/c1-3-4-5-6-7-8-9-10-11-12-13-14-15-16-17-23-18-19-24-20-21(2)22/h21-22H,3-20H2,1-2H3. The van der Waals surface area contributed by atoms with Gasteiger partial charge in [-0.1, -0.05) is 90.4 Å². The van der Waals surface area contributed by atoms with Crippen LogP contribution in [0.4, 0.5) is 0 Å². The van der Waals surface area contributed by atoms with Gasteiger partial charge in [-0.15, -0.1) is 0 Å². The zero-order valence-corrected chi connectivity index (χ0v) is 16.6. The largest absolute Gasteiger partial charge is 0.391 e. The predicted molar refractivity (Wildman–Crippen MR) is 104 cm³/mol. The third-order valence-corrected chi connectivity index (χ3v) is 4.37. The molecule has 0 spiro atoms. The van der Waals surface area contributed by atoms with Crippen LogP contribution < -0.4 is 0 Å². The number of rotatable bonds is 20. The Morgan fingerprint density at radius 1 is 0.583 bits per heavy atom. The Labute approximate surface area is 151 Å². The maximum Gasteiger partial charge on any atom is 0.0745 e. The van der Waals surface area contributed by atoms with E-state index in [1.807, 2.05) is 0 Å². The predicted octanol–water partition coefficient (Wildman–Crippen LogP) is 5.88. The van der Waals surface area contributed by atoms with Crippen LogP contribution >= 0.6 is 0 Å². The zero-order valence-electron chi connectivity index (χ0n) is 16.6. The molecule has 0 aliphatic rings. The third-order valence-electron chi connectivity index (χ3n) is 4.37. The molecule has 0 aromatic rings. The van der Waals surface area contributed by atoms with E-state index in [1.165, 1.54) is 83.5 Å². The quantitative estimate of drug-likeness (QED) is 0.280. The van der Waals surface area contributed by atoms with E-state index >= 15 is 0 Å². The van der Waals surface area contributed by atoms with Gasteiger partial charge in [0.2, 0.25) is 0 Å². The van der Waals surface area contributed by atoms with Gasteiger partial charge in [0.05, 0.1) is 25.9 Å². The number of aliphatic hydroxyl groups is 1. The molecule has 0 radical (unpaired) electrons. The molecule has 1 atom stereocenters. The second-order valence-electron chi connectivity index (χ2n) is 7.13. The van der Waals surface area contributed by atoms with Crippen molar-refractivity contribution in [2.45, 2.75) is 110 Å². The van der Waals surface area contributed by atoms with Gasteiger partial charge in [-0.25, -0.2) is 0 Å². The van der Waals surface area contributed by atoms with Crippen LogP contribution in [0.25, 0.3) is 0 Å². The van der Waals surface area contributed by atoms with Gasteiger partial charge in [-0.2, -0.15) is 0 Å². The first-order chi connectivity index (χ1) is 11.8. The molecule has 0 saturated heterocycles. The van der Waals surface area contributed by atoms with Crippen LogP contribution in [-0.4, -0.2) is 37.6 Å². The Morgan fingerprint density at radius 3 is 1.46 bits per heavy atom. The first kappa shape index (κ1) is 23.9. The molecule has 0 aliphatic heterocycles. The molecular weight excluding hydrogens is 300 g/mol. The molecule has 0 amide bonds. The number of ether oxygens (including phenoxy) is 2. The van der Waals surface area contributed by atoms with E-state index in [0.717, 1.165) is 13.0 Å². The summed E-state index contributed by atoms with van der Waals surface area (Å²) in [6, 6.07) is 0. The lowest BCUT2D eigenvalue weighted by atomic mass is 10.0. The molecule has 0 heterocycles. The topological polar surface area (TPSA) is 38.7 Å². The average molecular weight is 345 g/mol. The molecule has 0 saturated carbocycles. The molecule has 3 nitrogen and oxygen atoms in total. The van der Waals surface area contributed by atoms with Crippen molar-refractivity contribution in [3.05, 3.63) is 0 Å². The molecule has 0 bridgehead atoms. The highest BCUT2D eigenvalue weighted by molar-refractivity contribution is 4.49. The summed E-state index contributed by atoms with van der Waals surface area (Å²) in [5, 5.41) is 9.03. The van der Waals surface area contributed by atoms with Crippen molar-refractivity contribution < 1.29 is 14.6 Å². The van der Waals surface area contributed by atoms with Crippen molar-refractivity contribution >= 4 is 0 Å². The summed E-state index contributed by atoms with van der Waals surface area (Å²) in [6.07, 6.45) is 19.1. The van der Waals surface area contributed by atoms with E-state index < -0.39 is 0 Å². The second kappa shape index (κ2) is 20.9. The van der Waals surface area contributed by atoms with Crippen LogP contribution in [0.15, 0.2) is 0 Å². The number of unbranched alkanes of at least 4 members (excludes halogenated alkanes) is 13. The molecule has 146 valence electrons. The number of hydrogen-bond donors (Lipinski definition) is 1. The SMILES string of the molecule is CCCCCCCCCCCCCCCCOCCOCC(C)O. The fraction of sp³-hybridized carbons (Fsp3) is 1.00. The summed E-state index contributed by atoms with van der Waals surface area (Å²) in [7, 11) is 0. The number of hydrogen-bond acceptors (Lipinski definition) is 3. The Kier molecular flexibility index (Phi) is 20.8. The van der Waals surface area contributed by atoms with E-state index in [9.17, 15) is 0 Å². The summed E-state index contributed by atoms with van der Waals surface area (Å²) in [5.41, 5.74) is 0. The van der Waals surface area contributed by atoms with Crippen LogP contribution in [-0.2, 0) is 9.47 Å². The summed E-state index contributed by atoms with van der Waals surface area (Å²) < 4.78 is 10.8. The van der Waals surface area contributed by atoms with Crippen molar-refractivity contribution in [3.63, 3.8) is 0 Å². The smallest absolute Gasteiger partial charge is 0.0745 e. The fourth-order valence-corrected chi connectivity index (χ4v) is 2.87. The molecular formula is C21H44O3. The maximum absolute atomic E-state index is 9.03. The first-order valence-electron chi connectivity index (χ1n) is 10.6. The Balaban J connectivity index is 2.95. The van der Waals surface area contributed by atoms with Gasteiger partial charge in [-0.05, 0) is 13.3 Å². The van der Waals surface area contributed by atoms with Crippen molar-refractivity contribution in [2.75, 3.05) is 26.4 Å². The Morgan fingerprint density at radius 2 is 1.00 bits per heavy atom. The Hall–Kier alpha value is -0.120. The van der Waals surface area contributed by atoms with Crippen molar-refractivity contribution in [1.82, 2.24) is 0 Å². The van der Waals surface area contributed by atoms with Crippen LogP contribution in [0, 0.1) is 0 Å². The molecule has 0 rings (SSSR count). The molecule has 0 aromatic heterocycles. The normalized spacial score (nSPS) is 12.6. The fourth-order valence-electron chi connectivity index (χ4n) is 2.87. The molecule has 1 unspecified atom stereocenters. The Bertz CT molecular complexity index is 219. The lowest BCUT2D eigenvalue weighted by Gasteiger charge is -2.07. The summed E-state index contributed by atoms with van der Waals surface area (Å²) >= 11 is 0. The van der Waals surface area contributed by atoms with Crippen LogP contribution in [0.2, 0.25) is 0 Å². The van der Waals surface area contributed by atoms with Crippen LogP contribution in [0.3, 0.4) is 0 Å². The monoisotopic (exact) mass is 344 g/mol. The minimum atomic E-state index is -0.379. The van der Waals surface area contributed by atoms with Gasteiger partial charge >= 0.3 is 0 Å².